The van der Waals surface area contributed by atoms with E-state index in [0.717, 1.165) is 36.9 Å². The fourth-order valence-electron chi connectivity index (χ4n) is 4.26. The van der Waals surface area contributed by atoms with Gasteiger partial charge in [-0.15, -0.1) is 0 Å². The predicted octanol–water partition coefficient (Wildman–Crippen LogP) is 4.20. The first-order chi connectivity index (χ1) is 16.2. The van der Waals surface area contributed by atoms with Gasteiger partial charge in [-0.25, -0.2) is 23.7 Å². The number of thiazole rings is 1. The van der Waals surface area contributed by atoms with Crippen molar-refractivity contribution in [3.63, 3.8) is 0 Å². The van der Waals surface area contributed by atoms with Crippen molar-refractivity contribution in [3.8, 4) is 16.9 Å². The molecular weight excluding hydrogens is 479 g/mol. The van der Waals surface area contributed by atoms with Gasteiger partial charge in [-0.3, -0.25) is 0 Å². The number of aromatic nitrogens is 3. The molecule has 0 spiro atoms. The molecule has 13 heteroatoms. The zero-order chi connectivity index (χ0) is 24.2. The van der Waals surface area contributed by atoms with Gasteiger partial charge in [0.05, 0.1) is 22.7 Å². The van der Waals surface area contributed by atoms with E-state index in [-0.39, 0.29) is 37.6 Å². The molecule has 0 amide bonds. The van der Waals surface area contributed by atoms with Crippen LogP contribution < -0.4 is 20.7 Å². The smallest absolute Gasteiger partial charge is 0.420 e. The molecule has 0 radical (unpaired) electrons. The van der Waals surface area contributed by atoms with Gasteiger partial charge in [-0.2, -0.15) is 13.2 Å². The van der Waals surface area contributed by atoms with Gasteiger partial charge in [-0.05, 0) is 12.1 Å². The summed E-state index contributed by atoms with van der Waals surface area (Å²) in [5.41, 5.74) is 2.71. The Morgan fingerprint density at radius 2 is 1.85 bits per heavy atom. The number of benzene rings is 2. The Labute approximate surface area is 193 Å². The number of alkyl halides is 3. The molecule has 0 unspecified atom stereocenters. The lowest BCUT2D eigenvalue weighted by atomic mass is 9.94. The van der Waals surface area contributed by atoms with Crippen molar-refractivity contribution in [2.24, 2.45) is 0 Å². The zero-order valence-corrected chi connectivity index (χ0v) is 18.4. The minimum absolute atomic E-state index is 0.0635. The van der Waals surface area contributed by atoms with Crippen LogP contribution in [0.3, 0.4) is 0 Å². The number of methoxy groups -OCH3 is 1. The number of anilines is 2. The predicted molar refractivity (Wildman–Crippen MR) is 119 cm³/mol. The first kappa shape index (κ1) is 22.5. The van der Waals surface area contributed by atoms with E-state index in [0.29, 0.717) is 26.2 Å². The number of nitrogen functional groups attached to an aromatic ring is 1. The second-order valence-corrected chi connectivity index (χ2v) is 8.61. The van der Waals surface area contributed by atoms with E-state index in [1.165, 1.54) is 0 Å². The SMILES string of the molecule is COc1c(C(F)(F)F)c(-c2ccc(F)c3sc(N)nc23)c(F)c2ncnc(N3CCNCC3)c12. The van der Waals surface area contributed by atoms with Gasteiger partial charge >= 0.3 is 6.18 Å². The lowest BCUT2D eigenvalue weighted by molar-refractivity contribution is -0.138. The summed E-state index contributed by atoms with van der Waals surface area (Å²) >= 11 is 0.760. The first-order valence-electron chi connectivity index (χ1n) is 10.1. The Kier molecular flexibility index (Phi) is 5.40. The van der Waals surface area contributed by atoms with Crippen LogP contribution in [0.2, 0.25) is 0 Å². The van der Waals surface area contributed by atoms with Crippen LogP contribution in [0, 0.1) is 11.6 Å². The molecule has 3 N–H and O–H groups in total. The second kappa shape index (κ2) is 8.17. The summed E-state index contributed by atoms with van der Waals surface area (Å²) in [7, 11) is 1.07. The molecule has 0 saturated carbocycles. The summed E-state index contributed by atoms with van der Waals surface area (Å²) < 4.78 is 79.1. The highest BCUT2D eigenvalue weighted by Crippen LogP contribution is 2.51. The van der Waals surface area contributed by atoms with Gasteiger partial charge in [0.1, 0.15) is 34.8 Å². The zero-order valence-electron chi connectivity index (χ0n) is 17.6. The second-order valence-electron chi connectivity index (χ2n) is 7.58. The van der Waals surface area contributed by atoms with E-state index in [2.05, 4.69) is 20.3 Å². The molecule has 2 aromatic heterocycles. The maximum atomic E-state index is 16.0. The van der Waals surface area contributed by atoms with Crippen LogP contribution in [0.25, 0.3) is 32.2 Å². The molecule has 1 fully saturated rings. The Morgan fingerprint density at radius 1 is 1.12 bits per heavy atom. The number of piperazine rings is 1. The van der Waals surface area contributed by atoms with Crippen molar-refractivity contribution in [1.29, 1.82) is 0 Å². The van der Waals surface area contributed by atoms with Crippen LogP contribution in [-0.2, 0) is 6.18 Å². The number of ether oxygens (including phenoxy) is 1. The number of nitrogens with zero attached hydrogens (tertiary/aromatic N) is 4. The number of halogens is 5. The Balaban J connectivity index is 1.93. The monoisotopic (exact) mass is 496 g/mol. The first-order valence-corrected chi connectivity index (χ1v) is 11.0. The maximum Gasteiger partial charge on any atom is 0.420 e. The van der Waals surface area contributed by atoms with E-state index < -0.39 is 34.7 Å². The number of hydrogen-bond donors (Lipinski definition) is 2. The van der Waals surface area contributed by atoms with E-state index in [9.17, 15) is 17.6 Å². The molecule has 2 aromatic carbocycles. The Morgan fingerprint density at radius 3 is 2.53 bits per heavy atom. The molecule has 3 heterocycles. The van der Waals surface area contributed by atoms with E-state index in [4.69, 9.17) is 10.5 Å². The van der Waals surface area contributed by atoms with Crippen molar-refractivity contribution in [1.82, 2.24) is 20.3 Å². The van der Waals surface area contributed by atoms with Crippen molar-refractivity contribution in [2.75, 3.05) is 43.9 Å². The molecule has 1 saturated heterocycles. The highest BCUT2D eigenvalue weighted by molar-refractivity contribution is 7.22. The van der Waals surface area contributed by atoms with Gasteiger partial charge < -0.3 is 20.7 Å². The summed E-state index contributed by atoms with van der Waals surface area (Å²) in [5, 5.41) is 2.90. The molecule has 7 nitrogen and oxygen atoms in total. The topological polar surface area (TPSA) is 89.2 Å². The van der Waals surface area contributed by atoms with Gasteiger partial charge in [0.15, 0.2) is 10.9 Å². The minimum atomic E-state index is -5.03. The molecular formula is C21H17F5N6OS. The van der Waals surface area contributed by atoms with E-state index in [1.807, 2.05) is 0 Å². The lowest BCUT2D eigenvalue weighted by Gasteiger charge is -2.30. The normalized spacial score (nSPS) is 14.8. The fourth-order valence-corrected chi connectivity index (χ4v) is 5.02. The molecule has 0 atom stereocenters. The van der Waals surface area contributed by atoms with Gasteiger partial charge in [0, 0.05) is 37.3 Å². The lowest BCUT2D eigenvalue weighted by Crippen LogP contribution is -2.44. The van der Waals surface area contributed by atoms with Crippen LogP contribution >= 0.6 is 11.3 Å². The third-order valence-electron chi connectivity index (χ3n) is 5.64. The Bertz CT molecular complexity index is 1420. The van der Waals surface area contributed by atoms with Crippen molar-refractivity contribution >= 4 is 43.4 Å². The number of nitrogens with one attached hydrogen (secondary N) is 1. The summed E-state index contributed by atoms with van der Waals surface area (Å²) in [6.07, 6.45) is -3.94. The minimum Gasteiger partial charge on any atom is -0.495 e. The average molecular weight is 496 g/mol. The standard InChI is InChI=1S/C21H17F5N6OS/c1-33-17-12-16(29-8-30-19(12)32-6-4-28-5-7-32)14(23)11(13(17)21(24,25)26)9-2-3-10(22)18-15(9)31-20(27)34-18/h2-3,8,28H,4-7H2,1H3,(H2,27,31). The number of fused-ring (bicyclic) bond motifs is 2. The molecule has 5 rings (SSSR count). The highest BCUT2D eigenvalue weighted by atomic mass is 32.1. The number of rotatable bonds is 3. The molecule has 1 aliphatic rings. The highest BCUT2D eigenvalue weighted by Gasteiger charge is 2.42. The van der Waals surface area contributed by atoms with Gasteiger partial charge in [-0.1, -0.05) is 11.3 Å². The third kappa shape index (κ3) is 3.46. The van der Waals surface area contributed by atoms with Crippen LogP contribution in [-0.4, -0.2) is 48.2 Å². The van der Waals surface area contributed by atoms with Crippen LogP contribution in [0.4, 0.5) is 32.9 Å². The van der Waals surface area contributed by atoms with Crippen molar-refractivity contribution in [3.05, 3.63) is 35.7 Å². The summed E-state index contributed by atoms with van der Waals surface area (Å²) in [4.78, 5) is 13.9. The van der Waals surface area contributed by atoms with Crippen LogP contribution in [0.15, 0.2) is 18.5 Å². The quantitative estimate of drug-likeness (QED) is 0.411. The van der Waals surface area contributed by atoms with E-state index in [1.54, 1.807) is 4.90 Å². The average Bonchev–Trinajstić information content (AvgIpc) is 3.21. The molecule has 0 aliphatic carbocycles. The maximum absolute atomic E-state index is 16.0. The molecule has 178 valence electrons. The summed E-state index contributed by atoms with van der Waals surface area (Å²) in [6.45, 7) is 2.08. The van der Waals surface area contributed by atoms with Crippen LogP contribution in [0.1, 0.15) is 5.56 Å². The van der Waals surface area contributed by atoms with Gasteiger partial charge in [0.2, 0.25) is 0 Å². The third-order valence-corrected chi connectivity index (χ3v) is 6.54. The van der Waals surface area contributed by atoms with Gasteiger partial charge in [0.25, 0.3) is 0 Å². The molecule has 4 aromatic rings. The van der Waals surface area contributed by atoms with Crippen molar-refractivity contribution < 1.29 is 26.7 Å². The van der Waals surface area contributed by atoms with Crippen molar-refractivity contribution in [2.45, 2.75) is 6.18 Å². The van der Waals surface area contributed by atoms with Crippen LogP contribution in [0.5, 0.6) is 5.75 Å². The number of nitrogens with two attached hydrogens (primary N) is 1. The van der Waals surface area contributed by atoms with E-state index >= 15 is 4.39 Å². The Hall–Kier alpha value is -3.32. The summed E-state index contributed by atoms with van der Waals surface area (Å²) in [5.74, 6) is -2.44. The number of hydrogen-bond acceptors (Lipinski definition) is 8. The molecule has 1 aliphatic heterocycles. The fraction of sp³-hybridized carbons (Fsp3) is 0.286. The molecule has 34 heavy (non-hydrogen) atoms. The summed E-state index contributed by atoms with van der Waals surface area (Å²) in [6, 6.07) is 2.01. The largest absolute Gasteiger partial charge is 0.495 e. The molecule has 0 bridgehead atoms.